The second-order valence-electron chi connectivity index (χ2n) is 4.31. The number of carboxylic acid groups (broad SMARTS) is 1. The molecule has 1 rings (SSSR count). The number of carbonyl (C=O) groups is 2. The highest BCUT2D eigenvalue weighted by Gasteiger charge is 2.33. The fourth-order valence-corrected chi connectivity index (χ4v) is 1.31. The first kappa shape index (κ1) is 14.0. The van der Waals surface area contributed by atoms with Crippen molar-refractivity contribution < 1.29 is 14.7 Å². The van der Waals surface area contributed by atoms with Gasteiger partial charge in [-0.05, 0) is 13.3 Å². The molecule has 3 N–H and O–H groups in total. The third-order valence-electron chi connectivity index (χ3n) is 2.85. The monoisotopic (exact) mass is 254 g/mol. The van der Waals surface area contributed by atoms with E-state index < -0.39 is 17.5 Å². The molecule has 1 aromatic heterocycles. The van der Waals surface area contributed by atoms with Gasteiger partial charge in [-0.25, -0.2) is 14.6 Å². The van der Waals surface area contributed by atoms with Crippen molar-refractivity contribution in [3.8, 4) is 0 Å². The van der Waals surface area contributed by atoms with Crippen molar-refractivity contribution in [1.82, 2.24) is 20.2 Å². The number of aliphatic carboxylic acids is 1. The second kappa shape index (κ2) is 5.52. The van der Waals surface area contributed by atoms with Crippen LogP contribution >= 0.6 is 0 Å². The minimum Gasteiger partial charge on any atom is -0.480 e. The Kier molecular flexibility index (Phi) is 4.30. The van der Waals surface area contributed by atoms with Gasteiger partial charge in [0.05, 0.1) is 6.54 Å². The summed E-state index contributed by atoms with van der Waals surface area (Å²) in [6.45, 7) is 3.48. The van der Waals surface area contributed by atoms with E-state index in [9.17, 15) is 9.59 Å². The predicted octanol–water partition coefficient (Wildman–Crippen LogP) is 0.804. The molecular weight excluding hydrogens is 236 g/mol. The number of aromatic nitrogens is 2. The molecule has 0 saturated carbocycles. The Bertz CT molecular complexity index is 418. The van der Waals surface area contributed by atoms with Gasteiger partial charge in [0.1, 0.15) is 11.4 Å². The molecule has 1 atom stereocenters. The van der Waals surface area contributed by atoms with E-state index in [2.05, 4.69) is 15.3 Å². The lowest BCUT2D eigenvalue weighted by molar-refractivity contribution is -0.143. The number of H-pyrrole nitrogens is 1. The standard InChI is InChI=1S/C11H18N4O3/c1-4-11(2,9(16)17)14-10(18)15(3)7-8-12-5-6-13-8/h5-6H,4,7H2,1-3H3,(H,12,13)(H,14,18)(H,16,17). The summed E-state index contributed by atoms with van der Waals surface area (Å²) < 4.78 is 0. The van der Waals surface area contributed by atoms with E-state index in [0.29, 0.717) is 12.2 Å². The van der Waals surface area contributed by atoms with Crippen LogP contribution in [0.25, 0.3) is 0 Å². The van der Waals surface area contributed by atoms with Crippen molar-refractivity contribution in [3.63, 3.8) is 0 Å². The van der Waals surface area contributed by atoms with Crippen molar-refractivity contribution in [1.29, 1.82) is 0 Å². The number of imidazole rings is 1. The van der Waals surface area contributed by atoms with Crippen LogP contribution in [0, 0.1) is 0 Å². The summed E-state index contributed by atoms with van der Waals surface area (Å²) in [5.74, 6) is -0.411. The molecule has 0 bridgehead atoms. The number of nitrogens with one attached hydrogen (secondary N) is 2. The minimum atomic E-state index is -1.26. The SMILES string of the molecule is CCC(C)(NC(=O)N(C)Cc1ncc[nH]1)C(=O)O. The lowest BCUT2D eigenvalue weighted by Crippen LogP contribution is -2.55. The first-order valence-electron chi connectivity index (χ1n) is 5.64. The maximum Gasteiger partial charge on any atom is 0.329 e. The van der Waals surface area contributed by atoms with E-state index in [4.69, 9.17) is 5.11 Å². The highest BCUT2D eigenvalue weighted by Crippen LogP contribution is 2.10. The molecule has 1 aromatic rings. The van der Waals surface area contributed by atoms with E-state index in [1.165, 1.54) is 11.8 Å². The van der Waals surface area contributed by atoms with Gasteiger partial charge < -0.3 is 20.3 Å². The lowest BCUT2D eigenvalue weighted by atomic mass is 10.00. The van der Waals surface area contributed by atoms with Crippen molar-refractivity contribution in [3.05, 3.63) is 18.2 Å². The molecule has 0 aromatic carbocycles. The fraction of sp³-hybridized carbons (Fsp3) is 0.545. The van der Waals surface area contributed by atoms with Crippen LogP contribution in [0.5, 0.6) is 0 Å². The Morgan fingerprint density at radius 1 is 1.61 bits per heavy atom. The number of carboxylic acids is 1. The van der Waals surface area contributed by atoms with Crippen molar-refractivity contribution in [2.75, 3.05) is 7.05 Å². The number of hydrogen-bond acceptors (Lipinski definition) is 3. The summed E-state index contributed by atoms with van der Waals surface area (Å²) in [6.07, 6.45) is 3.56. The van der Waals surface area contributed by atoms with E-state index >= 15 is 0 Å². The molecule has 1 heterocycles. The van der Waals surface area contributed by atoms with Crippen molar-refractivity contribution in [2.45, 2.75) is 32.4 Å². The van der Waals surface area contributed by atoms with Gasteiger partial charge in [-0.1, -0.05) is 6.92 Å². The Morgan fingerprint density at radius 3 is 2.72 bits per heavy atom. The Labute approximate surface area is 105 Å². The average molecular weight is 254 g/mol. The third-order valence-corrected chi connectivity index (χ3v) is 2.85. The van der Waals surface area contributed by atoms with E-state index in [-0.39, 0.29) is 6.54 Å². The molecule has 0 aliphatic rings. The van der Waals surface area contributed by atoms with Gasteiger partial charge in [-0.15, -0.1) is 0 Å². The molecule has 2 amide bonds. The van der Waals surface area contributed by atoms with Gasteiger partial charge in [0.2, 0.25) is 0 Å². The quantitative estimate of drug-likeness (QED) is 0.724. The van der Waals surface area contributed by atoms with Crippen molar-refractivity contribution in [2.24, 2.45) is 0 Å². The first-order valence-corrected chi connectivity index (χ1v) is 5.64. The summed E-state index contributed by atoms with van der Waals surface area (Å²) in [5, 5.41) is 11.6. The summed E-state index contributed by atoms with van der Waals surface area (Å²) >= 11 is 0. The third kappa shape index (κ3) is 3.22. The topological polar surface area (TPSA) is 98.3 Å². The predicted molar refractivity (Wildman–Crippen MR) is 64.9 cm³/mol. The van der Waals surface area contributed by atoms with E-state index in [0.717, 1.165) is 0 Å². The van der Waals surface area contributed by atoms with Crippen LogP contribution in [0.4, 0.5) is 4.79 Å². The second-order valence-corrected chi connectivity index (χ2v) is 4.31. The van der Waals surface area contributed by atoms with E-state index in [1.54, 1.807) is 26.4 Å². The molecule has 100 valence electrons. The van der Waals surface area contributed by atoms with Gasteiger partial charge >= 0.3 is 12.0 Å². The smallest absolute Gasteiger partial charge is 0.329 e. The van der Waals surface area contributed by atoms with Crippen LogP contribution in [0.1, 0.15) is 26.1 Å². The van der Waals surface area contributed by atoms with Crippen LogP contribution in [0.2, 0.25) is 0 Å². The van der Waals surface area contributed by atoms with Crippen LogP contribution in [0.15, 0.2) is 12.4 Å². The van der Waals surface area contributed by atoms with Crippen LogP contribution < -0.4 is 5.32 Å². The molecule has 1 unspecified atom stereocenters. The van der Waals surface area contributed by atoms with Crippen molar-refractivity contribution >= 4 is 12.0 Å². The molecule has 18 heavy (non-hydrogen) atoms. The first-order chi connectivity index (χ1) is 8.39. The van der Waals surface area contributed by atoms with Gasteiger partial charge in [0, 0.05) is 19.4 Å². The molecule has 0 spiro atoms. The number of carbonyl (C=O) groups excluding carboxylic acids is 1. The Morgan fingerprint density at radius 2 is 2.28 bits per heavy atom. The maximum atomic E-state index is 11.9. The zero-order chi connectivity index (χ0) is 13.8. The van der Waals surface area contributed by atoms with Crippen LogP contribution in [0.3, 0.4) is 0 Å². The molecule has 0 fully saturated rings. The van der Waals surface area contributed by atoms with Gasteiger partial charge in [0.25, 0.3) is 0 Å². The Balaban J connectivity index is 2.62. The summed E-state index contributed by atoms with van der Waals surface area (Å²) in [6, 6.07) is -0.446. The number of hydrogen-bond donors (Lipinski definition) is 3. The van der Waals surface area contributed by atoms with Crippen LogP contribution in [-0.2, 0) is 11.3 Å². The summed E-state index contributed by atoms with van der Waals surface area (Å²) in [7, 11) is 1.58. The van der Waals surface area contributed by atoms with Gasteiger partial charge in [-0.2, -0.15) is 0 Å². The fourth-order valence-electron chi connectivity index (χ4n) is 1.31. The zero-order valence-corrected chi connectivity index (χ0v) is 10.7. The molecule has 0 aliphatic heterocycles. The number of urea groups is 1. The molecule has 0 aliphatic carbocycles. The largest absolute Gasteiger partial charge is 0.480 e. The number of rotatable bonds is 5. The summed E-state index contributed by atoms with van der Waals surface area (Å²) in [5.41, 5.74) is -1.26. The molecule has 0 saturated heterocycles. The molecule has 7 nitrogen and oxygen atoms in total. The highest BCUT2D eigenvalue weighted by atomic mass is 16.4. The highest BCUT2D eigenvalue weighted by molar-refractivity contribution is 5.85. The number of nitrogens with zero attached hydrogens (tertiary/aromatic N) is 2. The maximum absolute atomic E-state index is 11.9. The van der Waals surface area contributed by atoms with Gasteiger partial charge in [-0.3, -0.25) is 0 Å². The zero-order valence-electron chi connectivity index (χ0n) is 10.7. The van der Waals surface area contributed by atoms with Crippen LogP contribution in [-0.4, -0.2) is 44.6 Å². The molecular formula is C11H18N4O3. The summed E-state index contributed by atoms with van der Waals surface area (Å²) in [4.78, 5) is 31.2. The molecule has 7 heteroatoms. The number of amides is 2. The van der Waals surface area contributed by atoms with E-state index in [1.807, 2.05) is 0 Å². The molecule has 0 radical (unpaired) electrons. The Hall–Kier alpha value is -2.05. The normalized spacial score (nSPS) is 13.7. The minimum absolute atomic E-state index is 0.290. The number of aromatic amines is 1. The average Bonchev–Trinajstić information content (AvgIpc) is 2.81. The van der Waals surface area contributed by atoms with Gasteiger partial charge in [0.15, 0.2) is 0 Å². The lowest BCUT2D eigenvalue weighted by Gasteiger charge is -2.27.